The van der Waals surface area contributed by atoms with Gasteiger partial charge in [0.15, 0.2) is 0 Å². The van der Waals surface area contributed by atoms with Crippen LogP contribution < -0.4 is 9.47 Å². The molecule has 1 aromatic rings. The van der Waals surface area contributed by atoms with Crippen molar-refractivity contribution in [1.29, 1.82) is 0 Å². The summed E-state index contributed by atoms with van der Waals surface area (Å²) < 4.78 is 11.0. The molecule has 0 aliphatic heterocycles. The molecule has 2 N–H and O–H groups in total. The number of benzene rings is 1. The van der Waals surface area contributed by atoms with E-state index in [0.29, 0.717) is 25.0 Å². The van der Waals surface area contributed by atoms with Crippen LogP contribution >= 0.6 is 24.8 Å². The maximum atomic E-state index is 11.5. The lowest BCUT2D eigenvalue weighted by atomic mass is 10.1. The minimum absolute atomic E-state index is 0. The van der Waals surface area contributed by atoms with Crippen molar-refractivity contribution in [2.24, 2.45) is 11.8 Å². The molecule has 150 valence electrons. The summed E-state index contributed by atoms with van der Waals surface area (Å²) in [6, 6.07) is 2.47. The van der Waals surface area contributed by atoms with E-state index in [-0.39, 0.29) is 47.4 Å². The van der Waals surface area contributed by atoms with Crippen LogP contribution in [-0.4, -0.2) is 35.4 Å². The molecule has 1 rings (SSSR count). The Kier molecular flexibility index (Phi) is 12.9. The molecule has 0 amide bonds. The largest absolute Gasteiger partial charge is 0.493 e. The summed E-state index contributed by atoms with van der Waals surface area (Å²) in [4.78, 5) is 22.9. The minimum atomic E-state index is -1.18. The van der Waals surface area contributed by atoms with Gasteiger partial charge in [0.05, 0.1) is 13.2 Å². The highest BCUT2D eigenvalue weighted by atomic mass is 35.5. The highest BCUT2D eigenvalue weighted by Gasteiger charge is 2.21. The van der Waals surface area contributed by atoms with Crippen molar-refractivity contribution < 1.29 is 29.3 Å². The molecule has 26 heavy (non-hydrogen) atoms. The van der Waals surface area contributed by atoms with Crippen LogP contribution in [0.5, 0.6) is 11.5 Å². The SMILES string of the molecule is CC(C)CCOc1cc(C(=O)O)c(OCCC(C)C)cc1C(=O)O.Cl.Cl. The number of carboxylic acid groups (broad SMARTS) is 2. The molecule has 0 heterocycles. The van der Waals surface area contributed by atoms with Gasteiger partial charge in [0.25, 0.3) is 0 Å². The number of hydrogen-bond acceptors (Lipinski definition) is 4. The molecule has 0 spiro atoms. The van der Waals surface area contributed by atoms with E-state index in [1.807, 2.05) is 27.7 Å². The second kappa shape index (κ2) is 12.7. The lowest BCUT2D eigenvalue weighted by Crippen LogP contribution is -2.11. The standard InChI is InChI=1S/C18H26O6.2ClH/c1-11(2)5-7-23-15-9-14(18(21)22)16(10-13(15)17(19)20)24-8-6-12(3)4;;/h9-12H,5-8H2,1-4H3,(H,19,20)(H,21,22);2*1H. The maximum Gasteiger partial charge on any atom is 0.339 e. The summed E-state index contributed by atoms with van der Waals surface area (Å²) in [6.45, 7) is 8.74. The average molecular weight is 411 g/mol. The zero-order chi connectivity index (χ0) is 18.3. The van der Waals surface area contributed by atoms with Gasteiger partial charge in [-0.05, 0) is 36.8 Å². The van der Waals surface area contributed by atoms with Crippen LogP contribution in [-0.2, 0) is 0 Å². The van der Waals surface area contributed by atoms with E-state index in [9.17, 15) is 19.8 Å². The fourth-order valence-corrected chi connectivity index (χ4v) is 1.94. The summed E-state index contributed by atoms with van der Waals surface area (Å²) in [7, 11) is 0. The number of ether oxygens (including phenoxy) is 2. The molecule has 0 atom stereocenters. The molecule has 8 heteroatoms. The van der Waals surface area contributed by atoms with E-state index in [4.69, 9.17) is 9.47 Å². The van der Waals surface area contributed by atoms with Crippen molar-refractivity contribution in [2.75, 3.05) is 13.2 Å². The molecule has 0 saturated carbocycles. The first kappa shape index (κ1) is 26.6. The highest BCUT2D eigenvalue weighted by Crippen LogP contribution is 2.30. The van der Waals surface area contributed by atoms with Gasteiger partial charge < -0.3 is 19.7 Å². The fourth-order valence-electron chi connectivity index (χ4n) is 1.94. The van der Waals surface area contributed by atoms with Crippen LogP contribution in [0.4, 0.5) is 0 Å². The van der Waals surface area contributed by atoms with Gasteiger partial charge in [0.1, 0.15) is 22.6 Å². The third-order valence-corrected chi connectivity index (χ3v) is 3.45. The van der Waals surface area contributed by atoms with Gasteiger partial charge in [-0.15, -0.1) is 24.8 Å². The van der Waals surface area contributed by atoms with Crippen molar-refractivity contribution in [3.63, 3.8) is 0 Å². The monoisotopic (exact) mass is 410 g/mol. The van der Waals surface area contributed by atoms with Gasteiger partial charge in [-0.2, -0.15) is 0 Å². The summed E-state index contributed by atoms with van der Waals surface area (Å²) in [6.07, 6.45) is 1.49. The second-order valence-corrected chi connectivity index (χ2v) is 6.52. The number of aromatic carboxylic acids is 2. The molecule has 0 fully saturated rings. The van der Waals surface area contributed by atoms with Gasteiger partial charge in [0.2, 0.25) is 0 Å². The van der Waals surface area contributed by atoms with Gasteiger partial charge in [-0.3, -0.25) is 0 Å². The maximum absolute atomic E-state index is 11.5. The Bertz CT molecular complexity index is 536. The van der Waals surface area contributed by atoms with E-state index >= 15 is 0 Å². The number of hydrogen-bond donors (Lipinski definition) is 2. The smallest absolute Gasteiger partial charge is 0.339 e. The van der Waals surface area contributed by atoms with Gasteiger partial charge in [-0.1, -0.05) is 27.7 Å². The van der Waals surface area contributed by atoms with Crippen LogP contribution in [0.1, 0.15) is 61.3 Å². The van der Waals surface area contributed by atoms with Crippen molar-refractivity contribution in [2.45, 2.75) is 40.5 Å². The number of carbonyl (C=O) groups is 2. The first-order chi connectivity index (χ1) is 11.2. The second-order valence-electron chi connectivity index (χ2n) is 6.52. The number of carboxylic acids is 2. The molecule has 0 bridgehead atoms. The Hall–Kier alpha value is -1.66. The summed E-state index contributed by atoms with van der Waals surface area (Å²) >= 11 is 0. The van der Waals surface area contributed by atoms with Gasteiger partial charge in [0, 0.05) is 0 Å². The number of rotatable bonds is 10. The quantitative estimate of drug-likeness (QED) is 0.576. The first-order valence-corrected chi connectivity index (χ1v) is 8.12. The molecule has 0 aliphatic carbocycles. The summed E-state index contributed by atoms with van der Waals surface area (Å²) in [5, 5.41) is 18.7. The molecule has 1 aromatic carbocycles. The van der Waals surface area contributed by atoms with E-state index in [1.54, 1.807) is 0 Å². The fraction of sp³-hybridized carbons (Fsp3) is 0.556. The number of halogens is 2. The zero-order valence-electron chi connectivity index (χ0n) is 15.5. The molecule has 0 aliphatic rings. The minimum Gasteiger partial charge on any atom is -0.493 e. The van der Waals surface area contributed by atoms with Crippen molar-refractivity contribution in [3.8, 4) is 11.5 Å². The third-order valence-electron chi connectivity index (χ3n) is 3.45. The van der Waals surface area contributed by atoms with E-state index in [2.05, 4.69) is 0 Å². The molecule has 0 radical (unpaired) electrons. The van der Waals surface area contributed by atoms with Gasteiger partial charge in [-0.25, -0.2) is 9.59 Å². The molecule has 0 aromatic heterocycles. The Labute approximate surface area is 166 Å². The van der Waals surface area contributed by atoms with Crippen LogP contribution in [0.3, 0.4) is 0 Å². The normalized spacial score (nSPS) is 10.1. The van der Waals surface area contributed by atoms with Crippen LogP contribution in [0.15, 0.2) is 12.1 Å². The molecule has 0 unspecified atom stereocenters. The van der Waals surface area contributed by atoms with E-state index < -0.39 is 11.9 Å². The Morgan fingerprint density at radius 1 is 0.808 bits per heavy atom. The van der Waals surface area contributed by atoms with E-state index in [1.165, 1.54) is 12.1 Å². The predicted octanol–water partition coefficient (Wildman–Crippen LogP) is 4.78. The highest BCUT2D eigenvalue weighted by molar-refractivity contribution is 5.97. The van der Waals surface area contributed by atoms with Crippen LogP contribution in [0.2, 0.25) is 0 Å². The Balaban J connectivity index is 0. The zero-order valence-corrected chi connectivity index (χ0v) is 17.1. The topological polar surface area (TPSA) is 93.1 Å². The average Bonchev–Trinajstić information content (AvgIpc) is 2.46. The molecule has 0 saturated heterocycles. The third kappa shape index (κ3) is 8.63. The molecular weight excluding hydrogens is 383 g/mol. The first-order valence-electron chi connectivity index (χ1n) is 8.12. The Morgan fingerprint density at radius 3 is 1.35 bits per heavy atom. The summed E-state index contributed by atoms with van der Waals surface area (Å²) in [5.41, 5.74) is -0.188. The van der Waals surface area contributed by atoms with Crippen LogP contribution in [0.25, 0.3) is 0 Å². The van der Waals surface area contributed by atoms with Crippen molar-refractivity contribution >= 4 is 36.8 Å². The molecular formula is C18H28Cl2O6. The lowest BCUT2D eigenvalue weighted by molar-refractivity contribution is 0.0672. The summed E-state index contributed by atoms with van der Waals surface area (Å²) in [5.74, 6) is -1.46. The Morgan fingerprint density at radius 2 is 1.12 bits per heavy atom. The van der Waals surface area contributed by atoms with Crippen molar-refractivity contribution in [3.05, 3.63) is 23.3 Å². The predicted molar refractivity (Wildman–Crippen MR) is 105 cm³/mol. The van der Waals surface area contributed by atoms with Crippen LogP contribution in [0, 0.1) is 11.8 Å². The van der Waals surface area contributed by atoms with E-state index in [0.717, 1.165) is 12.8 Å². The van der Waals surface area contributed by atoms with Crippen molar-refractivity contribution in [1.82, 2.24) is 0 Å². The lowest BCUT2D eigenvalue weighted by Gasteiger charge is -2.15. The molecule has 6 nitrogen and oxygen atoms in total. The van der Waals surface area contributed by atoms with Gasteiger partial charge >= 0.3 is 11.9 Å².